The second-order valence-electron chi connectivity index (χ2n) is 6.12. The topological polar surface area (TPSA) is 87.5 Å². The molecular weight excluding hydrogens is 355 g/mol. The van der Waals surface area contributed by atoms with E-state index in [1.165, 1.54) is 11.0 Å². The highest BCUT2D eigenvalue weighted by atomic mass is 19.1. The number of cyclic esters (lactones) is 1. The monoisotopic (exact) mass is 372 g/mol. The Hall–Kier alpha value is -3.20. The van der Waals surface area contributed by atoms with Crippen molar-refractivity contribution in [1.82, 2.24) is 4.98 Å². The molecule has 1 amide bonds. The molecule has 0 radical (unpaired) electrons. The number of anilines is 2. The van der Waals surface area contributed by atoms with Gasteiger partial charge in [-0.05, 0) is 30.3 Å². The fourth-order valence-corrected chi connectivity index (χ4v) is 2.96. The number of carbonyl (C=O) groups is 1. The van der Waals surface area contributed by atoms with Crippen LogP contribution < -0.4 is 9.80 Å². The molecule has 1 N–H and O–H groups in total. The number of oxime groups is 1. The maximum absolute atomic E-state index is 14.6. The van der Waals surface area contributed by atoms with Crippen LogP contribution in [0.3, 0.4) is 0 Å². The Bertz CT molecular complexity index is 874. The molecule has 1 fully saturated rings. The van der Waals surface area contributed by atoms with Gasteiger partial charge in [0.15, 0.2) is 0 Å². The van der Waals surface area contributed by atoms with E-state index >= 15 is 0 Å². The molecule has 9 heteroatoms. The van der Waals surface area contributed by atoms with Crippen LogP contribution in [-0.4, -0.2) is 54.9 Å². The maximum atomic E-state index is 14.6. The molecule has 0 spiro atoms. The van der Waals surface area contributed by atoms with E-state index in [1.807, 2.05) is 4.90 Å². The van der Waals surface area contributed by atoms with E-state index in [0.717, 1.165) is 0 Å². The minimum Gasteiger partial charge on any atom is -0.441 e. The summed E-state index contributed by atoms with van der Waals surface area (Å²) in [5.41, 5.74) is 1.37. The average molecular weight is 372 g/mol. The van der Waals surface area contributed by atoms with E-state index in [-0.39, 0.29) is 13.2 Å². The van der Waals surface area contributed by atoms with Crippen molar-refractivity contribution in [3.05, 3.63) is 42.3 Å². The van der Waals surface area contributed by atoms with Crippen molar-refractivity contribution in [2.75, 3.05) is 36.1 Å². The van der Waals surface area contributed by atoms with Crippen molar-refractivity contribution in [1.29, 1.82) is 0 Å². The zero-order valence-electron chi connectivity index (χ0n) is 14.3. The summed E-state index contributed by atoms with van der Waals surface area (Å²) in [6.07, 6.45) is 1.94. The van der Waals surface area contributed by atoms with E-state index in [9.17, 15) is 9.18 Å². The van der Waals surface area contributed by atoms with Crippen molar-refractivity contribution >= 4 is 23.9 Å². The number of aromatic nitrogens is 1. The van der Waals surface area contributed by atoms with Crippen molar-refractivity contribution in [3.8, 4) is 11.1 Å². The fourth-order valence-electron chi connectivity index (χ4n) is 2.96. The van der Waals surface area contributed by atoms with Crippen LogP contribution in [0.5, 0.6) is 0 Å². The number of pyridine rings is 1. The number of halogens is 1. The van der Waals surface area contributed by atoms with Gasteiger partial charge in [-0.15, -0.1) is 0 Å². The second-order valence-corrected chi connectivity index (χ2v) is 6.12. The molecule has 1 atom stereocenters. The molecule has 2 aliphatic heterocycles. The van der Waals surface area contributed by atoms with Gasteiger partial charge in [0, 0.05) is 17.3 Å². The first-order valence-electron chi connectivity index (χ1n) is 8.43. The second kappa shape index (κ2) is 7.20. The Morgan fingerprint density at radius 1 is 1.30 bits per heavy atom. The third kappa shape index (κ3) is 3.41. The number of carbonyl (C=O) groups excluding carboxylic acids is 1. The van der Waals surface area contributed by atoms with E-state index in [2.05, 4.69) is 10.1 Å². The van der Waals surface area contributed by atoms with Crippen LogP contribution in [0.4, 0.5) is 20.7 Å². The van der Waals surface area contributed by atoms with Gasteiger partial charge in [-0.2, -0.15) is 0 Å². The molecule has 8 nitrogen and oxygen atoms in total. The summed E-state index contributed by atoms with van der Waals surface area (Å²) in [7, 11) is 0. The summed E-state index contributed by atoms with van der Waals surface area (Å²) < 4.78 is 19.6. The van der Waals surface area contributed by atoms with Gasteiger partial charge in [0.25, 0.3) is 0 Å². The van der Waals surface area contributed by atoms with Gasteiger partial charge in [-0.1, -0.05) is 5.16 Å². The standard InChI is InChI=1S/C18H17FN4O4/c19-16-7-13(23-9-14(10-24)27-18(23)25)2-3-15(16)12-1-4-17(20-8-12)22-5-6-26-21-11-22/h1-4,7-8,11,14,24H,5-6,9-10H2/t14-/m1/s1. The quantitative estimate of drug-likeness (QED) is 0.883. The number of ether oxygens (including phenoxy) is 1. The number of aliphatic hydroxyl groups excluding tert-OH is 1. The summed E-state index contributed by atoms with van der Waals surface area (Å²) >= 11 is 0. The van der Waals surface area contributed by atoms with E-state index in [0.29, 0.717) is 35.8 Å². The molecule has 0 unspecified atom stereocenters. The zero-order valence-corrected chi connectivity index (χ0v) is 14.3. The first-order valence-corrected chi connectivity index (χ1v) is 8.43. The molecule has 4 rings (SSSR count). The number of hydrogen-bond donors (Lipinski definition) is 1. The fraction of sp³-hybridized carbons (Fsp3) is 0.278. The van der Waals surface area contributed by atoms with Gasteiger partial charge >= 0.3 is 6.09 Å². The van der Waals surface area contributed by atoms with Gasteiger partial charge in [0.05, 0.1) is 25.4 Å². The largest absolute Gasteiger partial charge is 0.441 e. The van der Waals surface area contributed by atoms with Crippen LogP contribution in [0.25, 0.3) is 11.1 Å². The molecule has 0 aliphatic carbocycles. The van der Waals surface area contributed by atoms with Crippen molar-refractivity contribution in [2.45, 2.75) is 6.10 Å². The summed E-state index contributed by atoms with van der Waals surface area (Å²) in [5, 5.41) is 12.8. The minimum atomic E-state index is -0.598. The number of benzene rings is 1. The van der Waals surface area contributed by atoms with Gasteiger partial charge in [-0.25, -0.2) is 14.2 Å². The Balaban J connectivity index is 1.55. The first kappa shape index (κ1) is 17.2. The third-order valence-corrected chi connectivity index (χ3v) is 4.38. The van der Waals surface area contributed by atoms with Gasteiger partial charge in [0.1, 0.15) is 30.7 Å². The Morgan fingerprint density at radius 2 is 2.19 bits per heavy atom. The molecule has 140 valence electrons. The molecule has 2 aliphatic rings. The van der Waals surface area contributed by atoms with Crippen LogP contribution >= 0.6 is 0 Å². The third-order valence-electron chi connectivity index (χ3n) is 4.38. The lowest BCUT2D eigenvalue weighted by molar-refractivity contribution is 0.0963. The predicted molar refractivity (Wildman–Crippen MR) is 96.1 cm³/mol. The lowest BCUT2D eigenvalue weighted by atomic mass is 10.1. The summed E-state index contributed by atoms with van der Waals surface area (Å²) in [4.78, 5) is 24.2. The van der Waals surface area contributed by atoms with Crippen LogP contribution in [0.1, 0.15) is 0 Å². The molecular formula is C18H17FN4O4. The number of amides is 1. The van der Waals surface area contributed by atoms with Crippen molar-refractivity contribution in [2.24, 2.45) is 5.16 Å². The zero-order chi connectivity index (χ0) is 18.8. The smallest absolute Gasteiger partial charge is 0.414 e. The molecule has 1 aromatic heterocycles. The number of nitrogens with zero attached hydrogens (tertiary/aromatic N) is 4. The molecule has 0 saturated carbocycles. The van der Waals surface area contributed by atoms with Crippen molar-refractivity contribution < 1.29 is 23.9 Å². The molecule has 1 aromatic carbocycles. The number of hydrogen-bond acceptors (Lipinski definition) is 7. The Labute approximate surface area is 154 Å². The van der Waals surface area contributed by atoms with Crippen LogP contribution in [0.2, 0.25) is 0 Å². The summed E-state index contributed by atoms with van der Waals surface area (Å²) in [6, 6.07) is 8.07. The SMILES string of the molecule is O=C1O[C@@H](CO)CN1c1ccc(-c2ccc(N3C=NOCC3)nc2)c(F)c1. The number of aliphatic hydroxyl groups is 1. The molecule has 3 heterocycles. The van der Waals surface area contributed by atoms with Gasteiger partial charge in [0.2, 0.25) is 0 Å². The Kier molecular flexibility index (Phi) is 4.59. The average Bonchev–Trinajstić information content (AvgIpc) is 3.10. The maximum Gasteiger partial charge on any atom is 0.414 e. The minimum absolute atomic E-state index is 0.186. The molecule has 1 saturated heterocycles. The normalized spacial score (nSPS) is 19.2. The summed E-state index contributed by atoms with van der Waals surface area (Å²) in [6.45, 7) is 1.03. The van der Waals surface area contributed by atoms with E-state index in [1.54, 1.807) is 36.8 Å². The van der Waals surface area contributed by atoms with E-state index < -0.39 is 18.0 Å². The lowest BCUT2D eigenvalue weighted by Gasteiger charge is -2.20. The van der Waals surface area contributed by atoms with Crippen molar-refractivity contribution in [3.63, 3.8) is 0 Å². The highest BCUT2D eigenvalue weighted by molar-refractivity contribution is 5.90. The number of rotatable bonds is 4. The lowest BCUT2D eigenvalue weighted by Crippen LogP contribution is -2.29. The van der Waals surface area contributed by atoms with Crippen LogP contribution in [-0.2, 0) is 9.57 Å². The van der Waals surface area contributed by atoms with Crippen LogP contribution in [0.15, 0.2) is 41.7 Å². The predicted octanol–water partition coefficient (Wildman–Crippen LogP) is 1.99. The van der Waals surface area contributed by atoms with Crippen LogP contribution in [0, 0.1) is 5.82 Å². The Morgan fingerprint density at radius 3 is 2.81 bits per heavy atom. The van der Waals surface area contributed by atoms with Gasteiger partial charge in [-0.3, -0.25) is 4.90 Å². The first-order chi connectivity index (χ1) is 13.2. The molecule has 0 bridgehead atoms. The summed E-state index contributed by atoms with van der Waals surface area (Å²) in [5.74, 6) is 0.216. The van der Waals surface area contributed by atoms with Gasteiger partial charge < -0.3 is 19.6 Å². The van der Waals surface area contributed by atoms with E-state index in [4.69, 9.17) is 14.7 Å². The highest BCUT2D eigenvalue weighted by Crippen LogP contribution is 2.29. The molecule has 2 aromatic rings. The highest BCUT2D eigenvalue weighted by Gasteiger charge is 2.32. The molecule has 27 heavy (non-hydrogen) atoms.